The van der Waals surface area contributed by atoms with Crippen LogP contribution in [0.2, 0.25) is 0 Å². The van der Waals surface area contributed by atoms with Crippen LogP contribution < -0.4 is 15.8 Å². The standard InChI is InChI=1S/C17H19FN2O2/c1-11(13-8-9-15(22-2)14(18)10-13)20-16(17(19)21)12-6-4-3-5-7-12/h3-11,16,20H,1-2H3,(H2,19,21)/t11-,16+/m0/s1. The number of nitrogens with one attached hydrogen (secondary N) is 1. The van der Waals surface area contributed by atoms with Crippen molar-refractivity contribution in [2.75, 3.05) is 7.11 Å². The third-order valence-corrected chi connectivity index (χ3v) is 3.51. The van der Waals surface area contributed by atoms with Crippen LogP contribution in [-0.4, -0.2) is 13.0 Å². The number of hydrogen-bond donors (Lipinski definition) is 2. The third-order valence-electron chi connectivity index (χ3n) is 3.51. The summed E-state index contributed by atoms with van der Waals surface area (Å²) >= 11 is 0. The van der Waals surface area contributed by atoms with Crippen LogP contribution in [0.3, 0.4) is 0 Å². The SMILES string of the molecule is COc1ccc([C@H](C)N[C@@H](C(N)=O)c2ccccc2)cc1F. The van der Waals surface area contributed by atoms with E-state index < -0.39 is 17.8 Å². The second-order valence-corrected chi connectivity index (χ2v) is 5.03. The van der Waals surface area contributed by atoms with Gasteiger partial charge in [-0.15, -0.1) is 0 Å². The van der Waals surface area contributed by atoms with Crippen LogP contribution in [0.4, 0.5) is 4.39 Å². The highest BCUT2D eigenvalue weighted by Crippen LogP contribution is 2.24. The summed E-state index contributed by atoms with van der Waals surface area (Å²) in [6.07, 6.45) is 0. The van der Waals surface area contributed by atoms with E-state index in [1.807, 2.05) is 37.3 Å². The third kappa shape index (κ3) is 3.62. The van der Waals surface area contributed by atoms with E-state index in [1.54, 1.807) is 12.1 Å². The van der Waals surface area contributed by atoms with E-state index in [0.717, 1.165) is 5.56 Å². The molecule has 0 heterocycles. The normalized spacial score (nSPS) is 13.4. The van der Waals surface area contributed by atoms with Gasteiger partial charge in [-0.3, -0.25) is 10.1 Å². The Bertz CT molecular complexity index is 646. The minimum absolute atomic E-state index is 0.186. The summed E-state index contributed by atoms with van der Waals surface area (Å²) < 4.78 is 18.7. The first-order valence-corrected chi connectivity index (χ1v) is 6.96. The Morgan fingerprint density at radius 3 is 2.41 bits per heavy atom. The fourth-order valence-electron chi connectivity index (χ4n) is 2.29. The van der Waals surface area contributed by atoms with Crippen LogP contribution in [0.1, 0.15) is 30.1 Å². The first kappa shape index (κ1) is 16.0. The number of rotatable bonds is 6. The quantitative estimate of drug-likeness (QED) is 0.862. The van der Waals surface area contributed by atoms with E-state index in [0.29, 0.717) is 5.56 Å². The summed E-state index contributed by atoms with van der Waals surface area (Å²) in [6.45, 7) is 1.85. The Kier molecular flexibility index (Phi) is 5.12. The molecule has 0 fully saturated rings. The lowest BCUT2D eigenvalue weighted by molar-refractivity contribution is -0.120. The van der Waals surface area contributed by atoms with Gasteiger partial charge in [-0.2, -0.15) is 0 Å². The fraction of sp³-hybridized carbons (Fsp3) is 0.235. The molecule has 2 atom stereocenters. The number of primary amides is 1. The van der Waals surface area contributed by atoms with E-state index in [4.69, 9.17) is 10.5 Å². The Hall–Kier alpha value is -2.40. The van der Waals surface area contributed by atoms with Gasteiger partial charge in [0.05, 0.1) is 7.11 Å². The maximum absolute atomic E-state index is 13.8. The van der Waals surface area contributed by atoms with Crippen molar-refractivity contribution in [2.24, 2.45) is 5.73 Å². The van der Waals surface area contributed by atoms with Crippen molar-refractivity contribution in [1.82, 2.24) is 5.32 Å². The first-order chi connectivity index (χ1) is 10.5. The van der Waals surface area contributed by atoms with Crippen molar-refractivity contribution < 1.29 is 13.9 Å². The highest BCUT2D eigenvalue weighted by molar-refractivity contribution is 5.81. The zero-order valence-corrected chi connectivity index (χ0v) is 12.5. The second-order valence-electron chi connectivity index (χ2n) is 5.03. The smallest absolute Gasteiger partial charge is 0.239 e. The molecule has 0 spiro atoms. The van der Waals surface area contributed by atoms with Crippen molar-refractivity contribution in [2.45, 2.75) is 19.0 Å². The summed E-state index contributed by atoms with van der Waals surface area (Å²) in [5.74, 6) is -0.735. The second kappa shape index (κ2) is 7.04. The molecule has 0 unspecified atom stereocenters. The Balaban J connectivity index is 2.20. The molecule has 5 heteroatoms. The van der Waals surface area contributed by atoms with Gasteiger partial charge >= 0.3 is 0 Å². The van der Waals surface area contributed by atoms with Crippen molar-refractivity contribution in [1.29, 1.82) is 0 Å². The molecule has 0 bridgehead atoms. The molecule has 1 amide bonds. The largest absolute Gasteiger partial charge is 0.494 e. The lowest BCUT2D eigenvalue weighted by Crippen LogP contribution is -2.35. The number of carbonyl (C=O) groups is 1. The van der Waals surface area contributed by atoms with Crippen LogP contribution in [0.15, 0.2) is 48.5 Å². The molecule has 4 nitrogen and oxygen atoms in total. The number of hydrogen-bond acceptors (Lipinski definition) is 3. The van der Waals surface area contributed by atoms with E-state index in [9.17, 15) is 9.18 Å². The minimum atomic E-state index is -0.638. The summed E-state index contributed by atoms with van der Waals surface area (Å²) in [5, 5.41) is 3.13. The number of ether oxygens (including phenoxy) is 1. The molecule has 0 aliphatic heterocycles. The zero-order chi connectivity index (χ0) is 16.1. The van der Waals surface area contributed by atoms with Crippen molar-refractivity contribution in [3.63, 3.8) is 0 Å². The number of carbonyl (C=O) groups excluding carboxylic acids is 1. The van der Waals surface area contributed by atoms with Gasteiger partial charge in [0, 0.05) is 6.04 Å². The molecule has 0 radical (unpaired) electrons. The number of halogens is 1. The van der Waals surface area contributed by atoms with E-state index in [-0.39, 0.29) is 11.8 Å². The van der Waals surface area contributed by atoms with Crippen LogP contribution in [0.5, 0.6) is 5.75 Å². The average Bonchev–Trinajstić information content (AvgIpc) is 2.52. The highest BCUT2D eigenvalue weighted by Gasteiger charge is 2.20. The van der Waals surface area contributed by atoms with Gasteiger partial charge in [0.1, 0.15) is 6.04 Å². The number of amides is 1. The Labute approximate surface area is 129 Å². The fourth-order valence-corrected chi connectivity index (χ4v) is 2.29. The number of nitrogens with two attached hydrogens (primary N) is 1. The molecule has 3 N–H and O–H groups in total. The van der Waals surface area contributed by atoms with Gasteiger partial charge in [-0.25, -0.2) is 4.39 Å². The summed E-state index contributed by atoms with van der Waals surface area (Å²) in [5.41, 5.74) is 6.96. The minimum Gasteiger partial charge on any atom is -0.494 e. The lowest BCUT2D eigenvalue weighted by atomic mass is 10.0. The summed E-state index contributed by atoms with van der Waals surface area (Å²) in [4.78, 5) is 11.7. The molecule has 0 aliphatic rings. The van der Waals surface area contributed by atoms with Crippen LogP contribution in [0.25, 0.3) is 0 Å². The molecular formula is C17H19FN2O2. The predicted octanol–water partition coefficient (Wildman–Crippen LogP) is 2.71. The average molecular weight is 302 g/mol. The van der Waals surface area contributed by atoms with Crippen molar-refractivity contribution in [3.8, 4) is 5.75 Å². The monoisotopic (exact) mass is 302 g/mol. The molecule has 22 heavy (non-hydrogen) atoms. The van der Waals surface area contributed by atoms with Crippen molar-refractivity contribution in [3.05, 3.63) is 65.5 Å². The van der Waals surface area contributed by atoms with Gasteiger partial charge in [-0.05, 0) is 30.2 Å². The lowest BCUT2D eigenvalue weighted by Gasteiger charge is -2.22. The number of methoxy groups -OCH3 is 1. The maximum atomic E-state index is 13.8. The van der Waals surface area contributed by atoms with Crippen LogP contribution in [0, 0.1) is 5.82 Å². The zero-order valence-electron chi connectivity index (χ0n) is 12.5. The van der Waals surface area contributed by atoms with Gasteiger partial charge in [0.25, 0.3) is 0 Å². The Morgan fingerprint density at radius 2 is 1.86 bits per heavy atom. The molecule has 0 aliphatic carbocycles. The molecule has 2 rings (SSSR count). The van der Waals surface area contributed by atoms with Gasteiger partial charge < -0.3 is 10.5 Å². The molecule has 2 aromatic rings. The molecule has 0 saturated heterocycles. The topological polar surface area (TPSA) is 64.3 Å². The molecule has 0 saturated carbocycles. The van der Waals surface area contributed by atoms with E-state index in [1.165, 1.54) is 13.2 Å². The van der Waals surface area contributed by atoms with Gasteiger partial charge in [-0.1, -0.05) is 36.4 Å². The molecule has 0 aromatic heterocycles. The molecule has 116 valence electrons. The molecular weight excluding hydrogens is 283 g/mol. The molecule has 2 aromatic carbocycles. The van der Waals surface area contributed by atoms with Gasteiger partial charge in [0.2, 0.25) is 5.91 Å². The highest BCUT2D eigenvalue weighted by atomic mass is 19.1. The Morgan fingerprint density at radius 1 is 1.18 bits per heavy atom. The van der Waals surface area contributed by atoms with Crippen LogP contribution in [-0.2, 0) is 4.79 Å². The van der Waals surface area contributed by atoms with Crippen LogP contribution >= 0.6 is 0 Å². The summed E-state index contributed by atoms with van der Waals surface area (Å²) in [7, 11) is 1.41. The van der Waals surface area contributed by atoms with E-state index in [2.05, 4.69) is 5.32 Å². The number of benzene rings is 2. The predicted molar refractivity (Wildman–Crippen MR) is 82.9 cm³/mol. The maximum Gasteiger partial charge on any atom is 0.239 e. The van der Waals surface area contributed by atoms with Crippen molar-refractivity contribution >= 4 is 5.91 Å². The first-order valence-electron chi connectivity index (χ1n) is 6.96. The van der Waals surface area contributed by atoms with E-state index >= 15 is 0 Å². The summed E-state index contributed by atoms with van der Waals surface area (Å²) in [6, 6.07) is 13.0. The van der Waals surface area contributed by atoms with Gasteiger partial charge in [0.15, 0.2) is 11.6 Å².